The van der Waals surface area contributed by atoms with Crippen molar-refractivity contribution >= 4 is 15.9 Å². The Bertz CT molecular complexity index is 251. The van der Waals surface area contributed by atoms with Crippen molar-refractivity contribution in [2.75, 3.05) is 0 Å². The lowest BCUT2D eigenvalue weighted by atomic mass is 10.1. The van der Waals surface area contributed by atoms with Crippen LogP contribution in [0.5, 0.6) is 0 Å². The number of alkyl halides is 1. The molecule has 0 aromatic heterocycles. The van der Waals surface area contributed by atoms with Gasteiger partial charge in [0.2, 0.25) is 0 Å². The molecule has 1 unspecified atom stereocenters. The van der Waals surface area contributed by atoms with Gasteiger partial charge >= 0.3 is 5.79 Å². The average molecular weight is 222 g/mol. The van der Waals surface area contributed by atoms with Crippen LogP contribution in [0.3, 0.4) is 0 Å². The SMILES string of the molecule is O=[N+]([O-])C1(F)C=C(Br)C=CC1. The molecule has 0 fully saturated rings. The first-order valence-electron chi connectivity index (χ1n) is 2.93. The molecule has 11 heavy (non-hydrogen) atoms. The minimum absolute atomic E-state index is 0.199. The molecular formula is C6H5BrFNO2. The van der Waals surface area contributed by atoms with E-state index >= 15 is 0 Å². The van der Waals surface area contributed by atoms with E-state index in [4.69, 9.17) is 0 Å². The van der Waals surface area contributed by atoms with E-state index in [0.717, 1.165) is 6.08 Å². The number of rotatable bonds is 1. The lowest BCUT2D eigenvalue weighted by molar-refractivity contribution is -0.588. The molecule has 5 heteroatoms. The fourth-order valence-electron chi connectivity index (χ4n) is 0.782. The van der Waals surface area contributed by atoms with E-state index < -0.39 is 10.7 Å². The Morgan fingerprint density at radius 1 is 1.82 bits per heavy atom. The van der Waals surface area contributed by atoms with Crippen molar-refractivity contribution < 1.29 is 9.31 Å². The summed E-state index contributed by atoms with van der Waals surface area (Å²) in [5.74, 6) is -2.42. The van der Waals surface area contributed by atoms with Crippen LogP contribution in [-0.4, -0.2) is 10.7 Å². The summed E-state index contributed by atoms with van der Waals surface area (Å²) in [7, 11) is 0. The summed E-state index contributed by atoms with van der Waals surface area (Å²) >= 11 is 2.96. The van der Waals surface area contributed by atoms with Gasteiger partial charge in [0.25, 0.3) is 0 Å². The molecule has 0 N–H and O–H groups in total. The highest BCUT2D eigenvalue weighted by atomic mass is 79.9. The van der Waals surface area contributed by atoms with Gasteiger partial charge in [-0.15, -0.1) is 0 Å². The van der Waals surface area contributed by atoms with Crippen LogP contribution < -0.4 is 0 Å². The molecule has 60 valence electrons. The molecule has 0 bridgehead atoms. The van der Waals surface area contributed by atoms with Crippen LogP contribution in [-0.2, 0) is 0 Å². The Morgan fingerprint density at radius 2 is 2.45 bits per heavy atom. The Kier molecular flexibility index (Phi) is 2.08. The third kappa shape index (κ3) is 1.65. The molecule has 3 nitrogen and oxygen atoms in total. The third-order valence-corrected chi connectivity index (χ3v) is 1.84. The summed E-state index contributed by atoms with van der Waals surface area (Å²) < 4.78 is 13.5. The number of nitro groups is 1. The summed E-state index contributed by atoms with van der Waals surface area (Å²) in [5.41, 5.74) is 0. The molecular weight excluding hydrogens is 217 g/mol. The fourth-order valence-corrected chi connectivity index (χ4v) is 1.32. The molecule has 1 rings (SSSR count). The predicted octanol–water partition coefficient (Wildman–Crippen LogP) is 2.17. The first-order chi connectivity index (χ1) is 5.04. The van der Waals surface area contributed by atoms with Crippen molar-refractivity contribution in [2.24, 2.45) is 0 Å². The maximum Gasteiger partial charge on any atom is 0.382 e. The quantitative estimate of drug-likeness (QED) is 0.387. The molecule has 0 saturated carbocycles. The van der Waals surface area contributed by atoms with Crippen LogP contribution >= 0.6 is 15.9 Å². The van der Waals surface area contributed by atoms with Crippen LogP contribution in [0.25, 0.3) is 0 Å². The first-order valence-corrected chi connectivity index (χ1v) is 3.72. The van der Waals surface area contributed by atoms with Gasteiger partial charge in [0.1, 0.15) is 0 Å². The largest absolute Gasteiger partial charge is 0.382 e. The lowest BCUT2D eigenvalue weighted by Gasteiger charge is -2.13. The molecule has 0 saturated heterocycles. The van der Waals surface area contributed by atoms with Gasteiger partial charge < -0.3 is 0 Å². The molecule has 1 aliphatic carbocycles. The van der Waals surface area contributed by atoms with Crippen LogP contribution in [0, 0.1) is 10.1 Å². The van der Waals surface area contributed by atoms with Gasteiger partial charge in [0, 0.05) is 10.6 Å². The summed E-state index contributed by atoms with van der Waals surface area (Å²) in [6, 6.07) is 0. The van der Waals surface area contributed by atoms with E-state index in [9.17, 15) is 14.5 Å². The minimum atomic E-state index is -2.42. The predicted molar refractivity (Wildman–Crippen MR) is 41.6 cm³/mol. The van der Waals surface area contributed by atoms with E-state index in [0.29, 0.717) is 4.48 Å². The summed E-state index contributed by atoms with van der Waals surface area (Å²) in [4.78, 5) is 9.22. The van der Waals surface area contributed by atoms with Crippen molar-refractivity contribution in [3.63, 3.8) is 0 Å². The Labute approximate surface area is 70.9 Å². The van der Waals surface area contributed by atoms with E-state index in [1.54, 1.807) is 6.08 Å². The van der Waals surface area contributed by atoms with Crippen molar-refractivity contribution in [1.82, 2.24) is 0 Å². The van der Waals surface area contributed by atoms with Gasteiger partial charge in [-0.1, -0.05) is 28.1 Å². The standard InChI is InChI=1S/C6H5BrFNO2/c7-5-2-1-3-6(8,4-5)9(10)11/h1-2,4H,3H2. The smallest absolute Gasteiger partial charge is 0.261 e. The number of halogens is 2. The molecule has 0 aliphatic heterocycles. The summed E-state index contributed by atoms with van der Waals surface area (Å²) in [6.45, 7) is 0. The number of allylic oxidation sites excluding steroid dienone is 2. The second-order valence-corrected chi connectivity index (χ2v) is 3.13. The molecule has 1 atom stereocenters. The summed E-state index contributed by atoms with van der Waals surface area (Å²) in [6.07, 6.45) is 3.76. The van der Waals surface area contributed by atoms with Crippen molar-refractivity contribution in [3.05, 3.63) is 32.8 Å². The molecule has 1 aliphatic rings. The second kappa shape index (κ2) is 2.73. The highest BCUT2D eigenvalue weighted by Crippen LogP contribution is 2.28. The monoisotopic (exact) mass is 221 g/mol. The van der Waals surface area contributed by atoms with Crippen molar-refractivity contribution in [3.8, 4) is 0 Å². The molecule has 0 aromatic rings. The van der Waals surface area contributed by atoms with Gasteiger partial charge in [0.05, 0.1) is 11.3 Å². The second-order valence-electron chi connectivity index (χ2n) is 2.21. The first kappa shape index (κ1) is 8.39. The van der Waals surface area contributed by atoms with Crippen LogP contribution in [0.15, 0.2) is 22.7 Å². The van der Waals surface area contributed by atoms with Crippen LogP contribution in [0.4, 0.5) is 4.39 Å². The summed E-state index contributed by atoms with van der Waals surface area (Å²) in [5, 5.41) is 10.2. The zero-order valence-electron chi connectivity index (χ0n) is 5.46. The highest BCUT2D eigenvalue weighted by molar-refractivity contribution is 9.11. The maximum absolute atomic E-state index is 13.1. The average Bonchev–Trinajstić information content (AvgIpc) is 1.86. The molecule has 0 spiro atoms. The van der Waals surface area contributed by atoms with Crippen LogP contribution in [0.2, 0.25) is 0 Å². The van der Waals surface area contributed by atoms with Gasteiger partial charge in [-0.05, 0) is 0 Å². The Balaban J connectivity index is 2.92. The van der Waals surface area contributed by atoms with E-state index in [2.05, 4.69) is 15.9 Å². The van der Waals surface area contributed by atoms with Crippen LogP contribution in [0.1, 0.15) is 6.42 Å². The van der Waals surface area contributed by atoms with E-state index in [-0.39, 0.29) is 6.42 Å². The zero-order chi connectivity index (χ0) is 8.48. The van der Waals surface area contributed by atoms with Gasteiger partial charge in [-0.25, -0.2) is 0 Å². The van der Waals surface area contributed by atoms with Crippen molar-refractivity contribution in [1.29, 1.82) is 0 Å². The number of nitrogens with zero attached hydrogens (tertiary/aromatic N) is 1. The minimum Gasteiger partial charge on any atom is -0.261 e. The number of hydrogen-bond donors (Lipinski definition) is 0. The van der Waals surface area contributed by atoms with Gasteiger partial charge in [0.15, 0.2) is 0 Å². The maximum atomic E-state index is 13.1. The topological polar surface area (TPSA) is 43.1 Å². The normalized spacial score (nSPS) is 29.8. The molecule has 0 aromatic carbocycles. The third-order valence-electron chi connectivity index (χ3n) is 1.34. The molecule has 0 amide bonds. The Morgan fingerprint density at radius 3 is 2.82 bits per heavy atom. The van der Waals surface area contributed by atoms with E-state index in [1.165, 1.54) is 6.08 Å². The molecule has 0 radical (unpaired) electrons. The molecule has 0 heterocycles. The zero-order valence-corrected chi connectivity index (χ0v) is 7.04. The van der Waals surface area contributed by atoms with E-state index in [1.807, 2.05) is 0 Å². The Hall–Kier alpha value is -0.710. The number of hydrogen-bond acceptors (Lipinski definition) is 2. The van der Waals surface area contributed by atoms with Gasteiger partial charge in [-0.3, -0.25) is 10.1 Å². The lowest BCUT2D eigenvalue weighted by Crippen LogP contribution is -2.31. The van der Waals surface area contributed by atoms with Gasteiger partial charge in [-0.2, -0.15) is 4.39 Å². The van der Waals surface area contributed by atoms with Crippen molar-refractivity contribution in [2.45, 2.75) is 12.2 Å². The highest BCUT2D eigenvalue weighted by Gasteiger charge is 2.40. The fraction of sp³-hybridized carbons (Fsp3) is 0.333.